The summed E-state index contributed by atoms with van der Waals surface area (Å²) in [5, 5.41) is 0.579. The van der Waals surface area contributed by atoms with Crippen molar-refractivity contribution in [2.45, 2.75) is 6.92 Å². The maximum Gasteiger partial charge on any atom is 0.266 e. The van der Waals surface area contributed by atoms with E-state index in [4.69, 9.17) is 9.72 Å². The zero-order chi connectivity index (χ0) is 20.4. The molecule has 4 nitrogen and oxygen atoms in total. The molecule has 0 radical (unpaired) electrons. The van der Waals surface area contributed by atoms with E-state index in [1.54, 1.807) is 11.7 Å². The summed E-state index contributed by atoms with van der Waals surface area (Å²) in [6.07, 6.45) is 3.83. The minimum absolute atomic E-state index is 0.124. The number of fused-ring (bicyclic) bond motifs is 1. The third kappa shape index (κ3) is 3.96. The van der Waals surface area contributed by atoms with E-state index in [-0.39, 0.29) is 5.56 Å². The van der Waals surface area contributed by atoms with E-state index < -0.39 is 0 Å². The van der Waals surface area contributed by atoms with Gasteiger partial charge in [0.05, 0.1) is 23.7 Å². The fourth-order valence-corrected chi connectivity index (χ4v) is 3.67. The molecule has 0 spiro atoms. The lowest BCUT2D eigenvalue weighted by Gasteiger charge is -2.14. The second kappa shape index (κ2) is 8.21. The molecule has 5 heteroatoms. The summed E-state index contributed by atoms with van der Waals surface area (Å²) in [5.41, 5.74) is 3.45. The van der Waals surface area contributed by atoms with Gasteiger partial charge in [0, 0.05) is 3.57 Å². The number of para-hydroxylation sites is 2. The number of methoxy groups -OCH3 is 1. The summed E-state index contributed by atoms with van der Waals surface area (Å²) in [5.74, 6) is 1.17. The van der Waals surface area contributed by atoms with Crippen LogP contribution in [0.3, 0.4) is 0 Å². The monoisotopic (exact) mass is 494 g/mol. The van der Waals surface area contributed by atoms with Crippen LogP contribution in [-0.2, 0) is 0 Å². The molecule has 0 aliphatic carbocycles. The Morgan fingerprint density at radius 2 is 1.76 bits per heavy atom. The molecule has 0 saturated heterocycles. The van der Waals surface area contributed by atoms with Crippen LogP contribution in [-0.4, -0.2) is 16.7 Å². The summed E-state index contributed by atoms with van der Waals surface area (Å²) in [6.45, 7) is 2.05. The van der Waals surface area contributed by atoms with Crippen LogP contribution in [0.4, 0.5) is 0 Å². The highest BCUT2D eigenvalue weighted by molar-refractivity contribution is 14.1. The van der Waals surface area contributed by atoms with Crippen molar-refractivity contribution in [1.82, 2.24) is 9.55 Å². The van der Waals surface area contributed by atoms with Gasteiger partial charge in [-0.15, -0.1) is 0 Å². The Balaban J connectivity index is 1.98. The summed E-state index contributed by atoms with van der Waals surface area (Å²) in [4.78, 5) is 18.2. The molecule has 0 fully saturated rings. The molecular weight excluding hydrogens is 475 g/mol. The van der Waals surface area contributed by atoms with Crippen molar-refractivity contribution in [2.24, 2.45) is 0 Å². The van der Waals surface area contributed by atoms with Crippen LogP contribution in [0.25, 0.3) is 28.7 Å². The third-order valence-electron chi connectivity index (χ3n) is 4.68. The SMILES string of the molecule is COc1ccccc1-n1c(C=Cc2ccc(C)cc2)nc2ccc(I)cc2c1=O. The van der Waals surface area contributed by atoms with Gasteiger partial charge in [-0.2, -0.15) is 0 Å². The van der Waals surface area contributed by atoms with Crippen molar-refractivity contribution in [1.29, 1.82) is 0 Å². The first kappa shape index (κ1) is 19.4. The van der Waals surface area contributed by atoms with Crippen LogP contribution in [0, 0.1) is 10.5 Å². The zero-order valence-corrected chi connectivity index (χ0v) is 18.3. The first-order valence-electron chi connectivity index (χ1n) is 9.17. The van der Waals surface area contributed by atoms with Gasteiger partial charge in [0.15, 0.2) is 0 Å². The van der Waals surface area contributed by atoms with Gasteiger partial charge in [0.2, 0.25) is 0 Å². The molecule has 0 bridgehead atoms. The normalized spacial score (nSPS) is 11.3. The van der Waals surface area contributed by atoms with Gasteiger partial charge >= 0.3 is 0 Å². The topological polar surface area (TPSA) is 44.1 Å². The molecule has 0 unspecified atom stereocenters. The van der Waals surface area contributed by atoms with Gasteiger partial charge in [0.25, 0.3) is 5.56 Å². The fourth-order valence-electron chi connectivity index (χ4n) is 3.18. The van der Waals surface area contributed by atoms with E-state index in [0.717, 1.165) is 9.13 Å². The third-order valence-corrected chi connectivity index (χ3v) is 5.36. The largest absolute Gasteiger partial charge is 0.495 e. The molecule has 0 amide bonds. The Labute approximate surface area is 182 Å². The predicted octanol–water partition coefficient (Wildman–Crippen LogP) is 5.48. The maximum atomic E-state index is 13.5. The van der Waals surface area contributed by atoms with Crippen molar-refractivity contribution in [2.75, 3.05) is 7.11 Å². The minimum Gasteiger partial charge on any atom is -0.495 e. The van der Waals surface area contributed by atoms with Gasteiger partial charge in [-0.3, -0.25) is 9.36 Å². The van der Waals surface area contributed by atoms with Gasteiger partial charge in [-0.25, -0.2) is 4.98 Å². The van der Waals surface area contributed by atoms with Gasteiger partial charge < -0.3 is 4.74 Å². The van der Waals surface area contributed by atoms with Gasteiger partial charge in [-0.1, -0.05) is 48.0 Å². The van der Waals surface area contributed by atoms with Crippen LogP contribution >= 0.6 is 22.6 Å². The Kier molecular flexibility index (Phi) is 5.49. The zero-order valence-electron chi connectivity index (χ0n) is 16.1. The lowest BCUT2D eigenvalue weighted by atomic mass is 10.1. The van der Waals surface area contributed by atoms with E-state index in [9.17, 15) is 4.79 Å². The van der Waals surface area contributed by atoms with Crippen molar-refractivity contribution in [3.05, 3.63) is 97.6 Å². The number of benzene rings is 3. The van der Waals surface area contributed by atoms with Crippen molar-refractivity contribution in [3.63, 3.8) is 0 Å². The van der Waals surface area contributed by atoms with Crippen molar-refractivity contribution >= 4 is 45.6 Å². The lowest BCUT2D eigenvalue weighted by Crippen LogP contribution is -2.23. The minimum atomic E-state index is -0.124. The Hall–Kier alpha value is -2.93. The standard InChI is InChI=1S/C24H19IN2O2/c1-16-7-9-17(10-8-16)11-14-23-26-20-13-12-18(25)15-19(20)24(28)27(23)21-5-3-4-6-22(21)29-2/h3-15H,1-2H3. The highest BCUT2D eigenvalue weighted by atomic mass is 127. The molecule has 3 aromatic carbocycles. The van der Waals surface area contributed by atoms with E-state index in [1.165, 1.54) is 5.56 Å². The molecule has 1 heterocycles. The Bertz CT molecular complexity index is 1270. The average molecular weight is 494 g/mol. The molecule has 0 aliphatic heterocycles. The van der Waals surface area contributed by atoms with E-state index >= 15 is 0 Å². The van der Waals surface area contributed by atoms with Crippen molar-refractivity contribution < 1.29 is 4.74 Å². The first-order valence-corrected chi connectivity index (χ1v) is 10.2. The smallest absolute Gasteiger partial charge is 0.266 e. The van der Waals surface area contributed by atoms with Crippen molar-refractivity contribution in [3.8, 4) is 11.4 Å². The van der Waals surface area contributed by atoms with Crippen LogP contribution < -0.4 is 10.3 Å². The van der Waals surface area contributed by atoms with Crippen LogP contribution in [0.5, 0.6) is 5.75 Å². The number of aromatic nitrogens is 2. The fraction of sp³-hybridized carbons (Fsp3) is 0.0833. The highest BCUT2D eigenvalue weighted by Gasteiger charge is 2.14. The average Bonchev–Trinajstić information content (AvgIpc) is 2.74. The number of aryl methyl sites for hydroxylation is 1. The molecule has 0 N–H and O–H groups in total. The Morgan fingerprint density at radius 1 is 1.00 bits per heavy atom. The van der Waals surface area contributed by atoms with Gasteiger partial charge in [-0.05, 0) is 71.5 Å². The van der Waals surface area contributed by atoms with Crippen LogP contribution in [0.15, 0.2) is 71.5 Å². The first-order chi connectivity index (χ1) is 14.1. The molecule has 29 heavy (non-hydrogen) atoms. The summed E-state index contributed by atoms with van der Waals surface area (Å²) in [7, 11) is 1.60. The summed E-state index contributed by atoms with van der Waals surface area (Å²) in [6, 6.07) is 21.4. The second-order valence-electron chi connectivity index (χ2n) is 6.69. The molecule has 1 aromatic heterocycles. The number of halogens is 1. The second-order valence-corrected chi connectivity index (χ2v) is 7.93. The molecular formula is C24H19IN2O2. The molecule has 0 aliphatic rings. The molecule has 4 rings (SSSR count). The molecule has 0 atom stereocenters. The number of hydrogen-bond acceptors (Lipinski definition) is 3. The predicted molar refractivity (Wildman–Crippen MR) is 127 cm³/mol. The molecule has 4 aromatic rings. The van der Waals surface area contributed by atoms with E-state index in [1.807, 2.05) is 66.7 Å². The lowest BCUT2D eigenvalue weighted by molar-refractivity contribution is 0.412. The number of hydrogen-bond donors (Lipinski definition) is 0. The Morgan fingerprint density at radius 3 is 2.52 bits per heavy atom. The van der Waals surface area contributed by atoms with E-state index in [0.29, 0.717) is 28.2 Å². The highest BCUT2D eigenvalue weighted by Crippen LogP contribution is 2.24. The molecule has 0 saturated carbocycles. The summed E-state index contributed by atoms with van der Waals surface area (Å²) >= 11 is 2.21. The number of nitrogens with zero attached hydrogens (tertiary/aromatic N) is 2. The van der Waals surface area contributed by atoms with Crippen LogP contribution in [0.1, 0.15) is 17.0 Å². The van der Waals surface area contributed by atoms with E-state index in [2.05, 4.69) is 41.6 Å². The quantitative estimate of drug-likeness (QED) is 0.353. The molecule has 144 valence electrons. The van der Waals surface area contributed by atoms with Crippen LogP contribution in [0.2, 0.25) is 0 Å². The maximum absolute atomic E-state index is 13.5. The van der Waals surface area contributed by atoms with Gasteiger partial charge in [0.1, 0.15) is 11.6 Å². The number of rotatable bonds is 4. The summed E-state index contributed by atoms with van der Waals surface area (Å²) < 4.78 is 8.11. The number of ether oxygens (including phenoxy) is 1.